The summed E-state index contributed by atoms with van der Waals surface area (Å²) in [5.74, 6) is -0.228. The zero-order chi connectivity index (χ0) is 20.5. The quantitative estimate of drug-likeness (QED) is 0.306. The molecule has 3 heteroatoms. The minimum Gasteiger partial charge on any atom is -0.232 e. The third kappa shape index (κ3) is 3.17. The molecular weight excluding hydrogens is 371 g/mol. The topological polar surface area (TPSA) is 17.3 Å². The van der Waals surface area contributed by atoms with Gasteiger partial charge in [0.05, 0.1) is 16.9 Å². The van der Waals surface area contributed by atoms with Crippen molar-refractivity contribution in [3.63, 3.8) is 0 Å². The lowest BCUT2D eigenvalue weighted by Gasteiger charge is -2.17. The number of aryl methyl sites for hydroxylation is 1. The molecule has 0 radical (unpaired) electrons. The Balaban J connectivity index is 1.96. The highest BCUT2D eigenvalue weighted by Gasteiger charge is 2.19. The van der Waals surface area contributed by atoms with E-state index in [1.165, 1.54) is 6.07 Å². The maximum Gasteiger partial charge on any atom is 0.123 e. The molecule has 30 heavy (non-hydrogen) atoms. The van der Waals surface area contributed by atoms with E-state index in [4.69, 9.17) is 5.10 Å². The molecule has 2 aromatic heterocycles. The Morgan fingerprint density at radius 3 is 2.20 bits per heavy atom. The third-order valence-corrected chi connectivity index (χ3v) is 5.63. The van der Waals surface area contributed by atoms with Crippen molar-refractivity contribution in [2.75, 3.05) is 0 Å². The number of halogens is 1. The van der Waals surface area contributed by atoms with Crippen LogP contribution in [0.15, 0.2) is 84.9 Å². The predicted octanol–water partition coefficient (Wildman–Crippen LogP) is 7.30. The zero-order valence-corrected chi connectivity index (χ0v) is 17.0. The first-order chi connectivity index (χ1) is 14.8. The van der Waals surface area contributed by atoms with Crippen LogP contribution in [-0.4, -0.2) is 9.61 Å². The highest BCUT2D eigenvalue weighted by molar-refractivity contribution is 6.09. The summed E-state index contributed by atoms with van der Waals surface area (Å²) in [6.45, 7) is 2.19. The first kappa shape index (κ1) is 18.6. The second-order valence-electron chi connectivity index (χ2n) is 7.68. The third-order valence-electron chi connectivity index (χ3n) is 5.63. The summed E-state index contributed by atoms with van der Waals surface area (Å²) in [4.78, 5) is 0. The highest BCUT2D eigenvalue weighted by Crippen LogP contribution is 2.40. The Morgan fingerprint density at radius 2 is 1.50 bits per heavy atom. The molecule has 3 aromatic carbocycles. The summed E-state index contributed by atoms with van der Waals surface area (Å²) in [5, 5.41) is 6.94. The van der Waals surface area contributed by atoms with Gasteiger partial charge in [-0.05, 0) is 48.1 Å². The molecule has 148 valence electrons. The summed E-state index contributed by atoms with van der Waals surface area (Å²) >= 11 is 0. The number of hydrogen-bond acceptors (Lipinski definition) is 1. The maximum atomic E-state index is 14.4. The van der Waals surface area contributed by atoms with Gasteiger partial charge in [-0.2, -0.15) is 5.10 Å². The maximum absolute atomic E-state index is 14.4. The monoisotopic (exact) mass is 394 g/mol. The molecule has 0 fully saturated rings. The van der Waals surface area contributed by atoms with Gasteiger partial charge < -0.3 is 0 Å². The van der Waals surface area contributed by atoms with Crippen LogP contribution in [0.1, 0.15) is 25.5 Å². The Hall–Kier alpha value is -3.46. The van der Waals surface area contributed by atoms with Crippen molar-refractivity contribution in [3.8, 4) is 22.4 Å². The number of rotatable bonds is 5. The standard InChI is InChI=1S/C27H23FN2/c1-2-3-14-22-18-25-23-16-15-21(28)17-24(23)26(19-10-6-4-7-11-19)27(30(25)29-22)20-12-8-5-9-13-20/h4-13,15-18H,2-3,14H2,1H3. The summed E-state index contributed by atoms with van der Waals surface area (Å²) < 4.78 is 16.5. The molecule has 0 saturated carbocycles. The molecule has 0 bridgehead atoms. The lowest BCUT2D eigenvalue weighted by atomic mass is 9.93. The van der Waals surface area contributed by atoms with Crippen molar-refractivity contribution in [2.45, 2.75) is 26.2 Å². The molecule has 0 saturated heterocycles. The molecule has 0 aliphatic carbocycles. The number of pyridine rings is 1. The summed E-state index contributed by atoms with van der Waals surface area (Å²) in [6, 6.07) is 27.7. The fourth-order valence-corrected chi connectivity index (χ4v) is 4.21. The van der Waals surface area contributed by atoms with Gasteiger partial charge in [-0.15, -0.1) is 0 Å². The number of unbranched alkanes of at least 4 members (excludes halogenated alkanes) is 1. The molecule has 2 heterocycles. The summed E-state index contributed by atoms with van der Waals surface area (Å²) in [7, 11) is 0. The van der Waals surface area contributed by atoms with Gasteiger partial charge in [0.2, 0.25) is 0 Å². The van der Waals surface area contributed by atoms with Crippen LogP contribution < -0.4 is 0 Å². The van der Waals surface area contributed by atoms with Crippen LogP contribution in [0.25, 0.3) is 38.7 Å². The van der Waals surface area contributed by atoms with Gasteiger partial charge in [0.25, 0.3) is 0 Å². The van der Waals surface area contributed by atoms with Gasteiger partial charge in [0.15, 0.2) is 0 Å². The van der Waals surface area contributed by atoms with E-state index in [0.29, 0.717) is 0 Å². The van der Waals surface area contributed by atoms with Gasteiger partial charge in [-0.25, -0.2) is 8.91 Å². The minimum atomic E-state index is -0.228. The molecule has 0 unspecified atom stereocenters. The van der Waals surface area contributed by atoms with Gasteiger partial charge in [0.1, 0.15) is 5.82 Å². The molecule has 0 aliphatic heterocycles. The van der Waals surface area contributed by atoms with E-state index < -0.39 is 0 Å². The highest BCUT2D eigenvalue weighted by atomic mass is 19.1. The van der Waals surface area contributed by atoms with E-state index in [1.54, 1.807) is 6.07 Å². The largest absolute Gasteiger partial charge is 0.232 e. The molecule has 2 nitrogen and oxygen atoms in total. The molecular formula is C27H23FN2. The van der Waals surface area contributed by atoms with Crippen molar-refractivity contribution in [3.05, 3.63) is 96.4 Å². The Labute approximate surface area is 175 Å². The van der Waals surface area contributed by atoms with Gasteiger partial charge in [-0.1, -0.05) is 74.0 Å². The first-order valence-electron chi connectivity index (χ1n) is 10.5. The molecule has 0 atom stereocenters. The van der Waals surface area contributed by atoms with Crippen molar-refractivity contribution in [1.29, 1.82) is 0 Å². The molecule has 0 aliphatic rings. The number of fused-ring (bicyclic) bond motifs is 3. The number of aromatic nitrogens is 2. The SMILES string of the molecule is CCCCc1cc2c3ccc(F)cc3c(-c3ccccc3)c(-c3ccccc3)n2n1. The fraction of sp³-hybridized carbons (Fsp3) is 0.148. The fourth-order valence-electron chi connectivity index (χ4n) is 4.21. The van der Waals surface area contributed by atoms with E-state index in [-0.39, 0.29) is 5.82 Å². The zero-order valence-electron chi connectivity index (χ0n) is 17.0. The Kier molecular flexibility index (Phi) is 4.80. The van der Waals surface area contributed by atoms with Crippen molar-refractivity contribution >= 4 is 16.3 Å². The van der Waals surface area contributed by atoms with E-state index in [2.05, 4.69) is 41.8 Å². The van der Waals surface area contributed by atoms with Crippen LogP contribution >= 0.6 is 0 Å². The smallest absolute Gasteiger partial charge is 0.123 e. The molecule has 5 rings (SSSR count). The van der Waals surface area contributed by atoms with Crippen LogP contribution in [0.4, 0.5) is 4.39 Å². The van der Waals surface area contributed by atoms with E-state index in [1.807, 2.05) is 42.5 Å². The Morgan fingerprint density at radius 1 is 0.800 bits per heavy atom. The second-order valence-corrected chi connectivity index (χ2v) is 7.68. The van der Waals surface area contributed by atoms with Crippen LogP contribution in [0.5, 0.6) is 0 Å². The van der Waals surface area contributed by atoms with E-state index in [0.717, 1.165) is 63.6 Å². The minimum absolute atomic E-state index is 0.228. The predicted molar refractivity (Wildman–Crippen MR) is 122 cm³/mol. The summed E-state index contributed by atoms with van der Waals surface area (Å²) in [6.07, 6.45) is 3.17. The normalized spacial score (nSPS) is 11.4. The van der Waals surface area contributed by atoms with Crippen molar-refractivity contribution < 1.29 is 4.39 Å². The number of nitrogens with zero attached hydrogens (tertiary/aromatic N) is 2. The van der Waals surface area contributed by atoms with Crippen molar-refractivity contribution in [1.82, 2.24) is 9.61 Å². The van der Waals surface area contributed by atoms with E-state index in [9.17, 15) is 4.39 Å². The molecule has 0 N–H and O–H groups in total. The first-order valence-corrected chi connectivity index (χ1v) is 10.5. The van der Waals surface area contributed by atoms with Crippen molar-refractivity contribution in [2.24, 2.45) is 0 Å². The summed E-state index contributed by atoms with van der Waals surface area (Å²) in [5.41, 5.74) is 6.23. The lowest BCUT2D eigenvalue weighted by Crippen LogP contribution is -2.00. The van der Waals surface area contributed by atoms with Crippen LogP contribution in [0.2, 0.25) is 0 Å². The van der Waals surface area contributed by atoms with Gasteiger partial charge in [-0.3, -0.25) is 0 Å². The van der Waals surface area contributed by atoms with Crippen LogP contribution in [0.3, 0.4) is 0 Å². The molecule has 0 amide bonds. The second kappa shape index (κ2) is 7.75. The molecule has 5 aromatic rings. The van der Waals surface area contributed by atoms with Crippen LogP contribution in [-0.2, 0) is 6.42 Å². The van der Waals surface area contributed by atoms with E-state index >= 15 is 0 Å². The van der Waals surface area contributed by atoms with Gasteiger partial charge >= 0.3 is 0 Å². The average molecular weight is 394 g/mol. The average Bonchev–Trinajstić information content (AvgIpc) is 3.21. The molecule has 0 spiro atoms. The van der Waals surface area contributed by atoms with Crippen LogP contribution in [0, 0.1) is 5.82 Å². The van der Waals surface area contributed by atoms with Gasteiger partial charge in [0, 0.05) is 16.5 Å². The Bertz CT molecular complexity index is 1320. The number of hydrogen-bond donors (Lipinski definition) is 0. The number of benzene rings is 3. The lowest BCUT2D eigenvalue weighted by molar-refractivity contribution is 0.630.